The predicted octanol–water partition coefficient (Wildman–Crippen LogP) is 0.551. The average Bonchev–Trinajstić information content (AvgIpc) is 2.63. The molecule has 1 aromatic heterocycles. The predicted molar refractivity (Wildman–Crippen MR) is 90.0 cm³/mol. The van der Waals surface area contributed by atoms with E-state index in [1.165, 1.54) is 12.1 Å². The van der Waals surface area contributed by atoms with E-state index < -0.39 is 11.5 Å². The molecule has 0 unspecified atom stereocenters. The van der Waals surface area contributed by atoms with Gasteiger partial charge in [-0.2, -0.15) is 5.10 Å². The number of nitrogens with zero attached hydrogens (tertiary/aromatic N) is 3. The molecule has 1 aliphatic rings. The number of rotatable bonds is 4. The molecule has 1 amide bonds. The number of fused-ring (bicyclic) bond motifs is 1. The number of likely N-dealkylation sites (tertiary alicyclic amines) is 1. The molecule has 2 aromatic rings. The molecule has 25 heavy (non-hydrogen) atoms. The van der Waals surface area contributed by atoms with E-state index in [4.69, 9.17) is 0 Å². The third-order valence-electron chi connectivity index (χ3n) is 4.76. The van der Waals surface area contributed by atoms with Crippen LogP contribution in [0.1, 0.15) is 43.1 Å². The van der Waals surface area contributed by atoms with Crippen molar-refractivity contribution in [3.63, 3.8) is 0 Å². The Hall–Kier alpha value is -2.70. The molecule has 0 N–H and O–H groups in total. The summed E-state index contributed by atoms with van der Waals surface area (Å²) < 4.78 is 0.942. The third kappa shape index (κ3) is 3.26. The van der Waals surface area contributed by atoms with Crippen molar-refractivity contribution in [3.05, 3.63) is 40.3 Å². The van der Waals surface area contributed by atoms with Gasteiger partial charge in [-0.1, -0.05) is 25.1 Å². The summed E-state index contributed by atoms with van der Waals surface area (Å²) >= 11 is 0. The molecule has 3 rings (SSSR count). The van der Waals surface area contributed by atoms with Crippen molar-refractivity contribution in [1.82, 2.24) is 14.7 Å². The fourth-order valence-electron chi connectivity index (χ4n) is 3.47. The van der Waals surface area contributed by atoms with E-state index >= 15 is 0 Å². The van der Waals surface area contributed by atoms with Crippen molar-refractivity contribution >= 4 is 22.6 Å². The molecule has 132 valence electrons. The number of hydrogen-bond donors (Lipinski definition) is 0. The second-order valence-electron chi connectivity index (χ2n) is 6.29. The topological polar surface area (TPSA) is 95.3 Å². The fourth-order valence-corrected chi connectivity index (χ4v) is 3.47. The maximum absolute atomic E-state index is 12.7. The minimum atomic E-state index is -1.47. The quantitative estimate of drug-likeness (QED) is 0.809. The number of aromatic carboxylic acids is 1. The van der Waals surface area contributed by atoms with E-state index in [0.29, 0.717) is 6.54 Å². The van der Waals surface area contributed by atoms with Crippen LogP contribution in [0.4, 0.5) is 0 Å². The van der Waals surface area contributed by atoms with Crippen LogP contribution in [0.3, 0.4) is 0 Å². The Kier molecular flexibility index (Phi) is 4.83. The van der Waals surface area contributed by atoms with Gasteiger partial charge in [0.1, 0.15) is 12.2 Å². The van der Waals surface area contributed by atoms with Gasteiger partial charge in [0.2, 0.25) is 5.91 Å². The van der Waals surface area contributed by atoms with Gasteiger partial charge in [0.05, 0.1) is 11.4 Å². The lowest BCUT2D eigenvalue weighted by atomic mass is 10.00. The van der Waals surface area contributed by atoms with Gasteiger partial charge in [0.25, 0.3) is 5.56 Å². The SMILES string of the molecule is CC[C@H]1CCCCN1C(=O)Cn1nc(C(=O)[O-])c2ccccc2c1=O. The summed E-state index contributed by atoms with van der Waals surface area (Å²) in [7, 11) is 0. The zero-order valence-corrected chi connectivity index (χ0v) is 14.1. The molecule has 1 fully saturated rings. The Balaban J connectivity index is 1.98. The van der Waals surface area contributed by atoms with Crippen LogP contribution in [0, 0.1) is 0 Å². The average molecular weight is 342 g/mol. The zero-order chi connectivity index (χ0) is 18.0. The molecule has 0 bridgehead atoms. The lowest BCUT2D eigenvalue weighted by molar-refractivity contribution is -0.255. The highest BCUT2D eigenvalue weighted by atomic mass is 16.4. The molecule has 1 aromatic carbocycles. The minimum Gasteiger partial charge on any atom is -0.543 e. The summed E-state index contributed by atoms with van der Waals surface area (Å²) in [6.07, 6.45) is 3.83. The number of carboxylic acid groups (broad SMARTS) is 1. The van der Waals surface area contributed by atoms with Crippen LogP contribution in [0.5, 0.6) is 0 Å². The van der Waals surface area contributed by atoms with Crippen LogP contribution in [-0.2, 0) is 11.3 Å². The molecule has 0 radical (unpaired) electrons. The summed E-state index contributed by atoms with van der Waals surface area (Å²) in [4.78, 5) is 38.4. The molecule has 1 saturated heterocycles. The summed E-state index contributed by atoms with van der Waals surface area (Å²) in [6, 6.07) is 6.48. The van der Waals surface area contributed by atoms with Crippen molar-refractivity contribution in [1.29, 1.82) is 0 Å². The first kappa shape index (κ1) is 17.1. The Bertz CT molecular complexity index is 874. The Morgan fingerprint density at radius 3 is 2.64 bits per heavy atom. The molecular formula is C18H20N3O4-. The third-order valence-corrected chi connectivity index (χ3v) is 4.76. The zero-order valence-electron chi connectivity index (χ0n) is 14.1. The van der Waals surface area contributed by atoms with Crippen molar-refractivity contribution in [2.75, 3.05) is 6.54 Å². The molecule has 2 heterocycles. The number of amides is 1. The van der Waals surface area contributed by atoms with E-state index in [1.807, 2.05) is 6.92 Å². The van der Waals surface area contributed by atoms with Crippen molar-refractivity contribution in [2.45, 2.75) is 45.2 Å². The van der Waals surface area contributed by atoms with Crippen LogP contribution in [0.15, 0.2) is 29.1 Å². The number of carbonyl (C=O) groups excluding carboxylic acids is 2. The molecule has 7 nitrogen and oxygen atoms in total. The maximum Gasteiger partial charge on any atom is 0.275 e. The highest BCUT2D eigenvalue weighted by molar-refractivity contribution is 6.00. The Morgan fingerprint density at radius 1 is 1.24 bits per heavy atom. The molecule has 1 atom stereocenters. The molecule has 0 saturated carbocycles. The summed E-state index contributed by atoms with van der Waals surface area (Å²) in [5.74, 6) is -1.68. The number of benzene rings is 1. The lowest BCUT2D eigenvalue weighted by Crippen LogP contribution is -2.46. The van der Waals surface area contributed by atoms with E-state index in [9.17, 15) is 19.5 Å². The number of carbonyl (C=O) groups is 2. The molecule has 1 aliphatic heterocycles. The smallest absolute Gasteiger partial charge is 0.275 e. The van der Waals surface area contributed by atoms with E-state index in [1.54, 1.807) is 17.0 Å². The molecular weight excluding hydrogens is 322 g/mol. The standard InChI is InChI=1S/C18H21N3O4/c1-2-12-7-5-6-10-20(12)15(22)11-21-17(23)14-9-4-3-8-13(14)16(19-21)18(24)25/h3-4,8-9,12H,2,5-7,10-11H2,1H3,(H,24,25)/p-1/t12-/m0/s1. The van der Waals surface area contributed by atoms with Crippen LogP contribution in [0.25, 0.3) is 10.8 Å². The van der Waals surface area contributed by atoms with E-state index in [-0.39, 0.29) is 35.0 Å². The van der Waals surface area contributed by atoms with Gasteiger partial charge >= 0.3 is 0 Å². The van der Waals surface area contributed by atoms with Crippen LogP contribution >= 0.6 is 0 Å². The highest BCUT2D eigenvalue weighted by Crippen LogP contribution is 2.20. The van der Waals surface area contributed by atoms with Gasteiger partial charge in [-0.05, 0) is 31.7 Å². The van der Waals surface area contributed by atoms with Gasteiger partial charge in [-0.25, -0.2) is 4.68 Å². The second kappa shape index (κ2) is 7.04. The monoisotopic (exact) mass is 342 g/mol. The van der Waals surface area contributed by atoms with Crippen molar-refractivity contribution in [2.24, 2.45) is 0 Å². The second-order valence-corrected chi connectivity index (χ2v) is 6.29. The van der Waals surface area contributed by atoms with Crippen molar-refractivity contribution < 1.29 is 14.7 Å². The molecule has 0 spiro atoms. The summed E-state index contributed by atoms with van der Waals surface area (Å²) in [6.45, 7) is 2.43. The number of carboxylic acids is 1. The first-order valence-corrected chi connectivity index (χ1v) is 8.53. The molecule has 0 aliphatic carbocycles. The van der Waals surface area contributed by atoms with Gasteiger partial charge in [-0.15, -0.1) is 0 Å². The van der Waals surface area contributed by atoms with Crippen LogP contribution in [-0.4, -0.2) is 39.1 Å². The van der Waals surface area contributed by atoms with Crippen LogP contribution < -0.4 is 10.7 Å². The number of aromatic nitrogens is 2. The van der Waals surface area contributed by atoms with Gasteiger partial charge in [0, 0.05) is 18.0 Å². The fraction of sp³-hybridized carbons (Fsp3) is 0.444. The van der Waals surface area contributed by atoms with Gasteiger partial charge < -0.3 is 14.8 Å². The van der Waals surface area contributed by atoms with Crippen LogP contribution in [0.2, 0.25) is 0 Å². The maximum atomic E-state index is 12.7. The summed E-state index contributed by atoms with van der Waals surface area (Å²) in [5, 5.41) is 15.7. The minimum absolute atomic E-state index is 0.165. The van der Waals surface area contributed by atoms with E-state index in [2.05, 4.69) is 5.10 Å². The summed E-state index contributed by atoms with van der Waals surface area (Å²) in [5.41, 5.74) is -0.798. The van der Waals surface area contributed by atoms with E-state index in [0.717, 1.165) is 30.4 Å². The largest absolute Gasteiger partial charge is 0.543 e. The molecule has 7 heteroatoms. The first-order valence-electron chi connectivity index (χ1n) is 8.53. The van der Waals surface area contributed by atoms with Crippen molar-refractivity contribution in [3.8, 4) is 0 Å². The number of piperidine rings is 1. The lowest BCUT2D eigenvalue weighted by Gasteiger charge is -2.35. The highest BCUT2D eigenvalue weighted by Gasteiger charge is 2.26. The normalized spacial score (nSPS) is 17.6. The van der Waals surface area contributed by atoms with Gasteiger partial charge in [0.15, 0.2) is 0 Å². The van der Waals surface area contributed by atoms with Gasteiger partial charge in [-0.3, -0.25) is 9.59 Å². The number of hydrogen-bond acceptors (Lipinski definition) is 5. The first-order chi connectivity index (χ1) is 12.0. The Morgan fingerprint density at radius 2 is 1.96 bits per heavy atom. The Labute approximate surface area is 144 Å².